The molecule has 0 radical (unpaired) electrons. The topological polar surface area (TPSA) is 41.1 Å². The van der Waals surface area contributed by atoms with Gasteiger partial charge in [0.15, 0.2) is 0 Å². The third kappa shape index (κ3) is 4.09. The lowest BCUT2D eigenvalue weighted by Gasteiger charge is -2.20. The molecule has 0 amide bonds. The van der Waals surface area contributed by atoms with E-state index in [0.717, 1.165) is 35.9 Å². The maximum atomic E-state index is 6.27. The van der Waals surface area contributed by atoms with E-state index in [9.17, 15) is 0 Å². The van der Waals surface area contributed by atoms with E-state index in [1.165, 1.54) is 0 Å². The fraction of sp³-hybridized carbons (Fsp3) is 0.200. The predicted molar refractivity (Wildman–Crippen MR) is 106 cm³/mol. The van der Waals surface area contributed by atoms with E-state index in [4.69, 9.17) is 16.6 Å². The van der Waals surface area contributed by atoms with Crippen molar-refractivity contribution in [1.82, 2.24) is 9.97 Å². The number of anilines is 3. The lowest BCUT2D eigenvalue weighted by molar-refractivity contribution is 0.823. The molecule has 3 aromatic rings. The van der Waals surface area contributed by atoms with Crippen molar-refractivity contribution in [2.45, 2.75) is 13.8 Å². The van der Waals surface area contributed by atoms with Crippen LogP contribution < -0.4 is 10.2 Å². The highest BCUT2D eigenvalue weighted by Crippen LogP contribution is 2.28. The van der Waals surface area contributed by atoms with Crippen LogP contribution in [0.1, 0.15) is 13.8 Å². The van der Waals surface area contributed by atoms with Crippen LogP contribution in [0.25, 0.3) is 11.3 Å². The number of nitrogens with zero attached hydrogens (tertiary/aromatic N) is 3. The average Bonchev–Trinajstić information content (AvgIpc) is 2.65. The average molecular weight is 353 g/mol. The second-order valence-electron chi connectivity index (χ2n) is 5.58. The molecule has 0 aliphatic heterocycles. The first-order valence-electron chi connectivity index (χ1n) is 8.42. The normalized spacial score (nSPS) is 10.5. The number of benzene rings is 2. The molecule has 0 atom stereocenters. The van der Waals surface area contributed by atoms with Crippen molar-refractivity contribution in [2.75, 3.05) is 23.3 Å². The zero-order valence-corrected chi connectivity index (χ0v) is 15.2. The number of hydrogen-bond acceptors (Lipinski definition) is 4. The standard InChI is InChI=1S/C20H21ClN4/c1-3-25(4-2)20-23-18(15-10-6-5-7-11-15)14-19(24-20)22-17-13-9-8-12-16(17)21/h5-14H,3-4H2,1-2H3,(H,22,23,24). The van der Waals surface area contributed by atoms with Gasteiger partial charge in [0.1, 0.15) is 5.82 Å². The Kier molecular flexibility index (Phi) is 5.51. The lowest BCUT2D eigenvalue weighted by Crippen LogP contribution is -2.24. The zero-order valence-electron chi connectivity index (χ0n) is 14.4. The van der Waals surface area contributed by atoms with E-state index in [-0.39, 0.29) is 0 Å². The summed E-state index contributed by atoms with van der Waals surface area (Å²) in [6.07, 6.45) is 0. The summed E-state index contributed by atoms with van der Waals surface area (Å²) in [6.45, 7) is 5.90. The van der Waals surface area contributed by atoms with Crippen LogP contribution in [0.3, 0.4) is 0 Å². The van der Waals surface area contributed by atoms with Crippen molar-refractivity contribution in [2.24, 2.45) is 0 Å². The molecular formula is C20H21ClN4. The molecule has 0 spiro atoms. The molecule has 0 unspecified atom stereocenters. The van der Waals surface area contributed by atoms with Crippen LogP contribution in [-0.2, 0) is 0 Å². The van der Waals surface area contributed by atoms with E-state index in [0.29, 0.717) is 11.0 Å². The Morgan fingerprint density at radius 1 is 0.920 bits per heavy atom. The summed E-state index contributed by atoms with van der Waals surface area (Å²) >= 11 is 6.27. The highest BCUT2D eigenvalue weighted by molar-refractivity contribution is 6.33. The first-order chi connectivity index (χ1) is 12.2. The molecule has 0 aliphatic rings. The van der Waals surface area contributed by atoms with Crippen molar-refractivity contribution in [3.8, 4) is 11.3 Å². The van der Waals surface area contributed by atoms with Gasteiger partial charge in [0.2, 0.25) is 5.95 Å². The molecule has 1 N–H and O–H groups in total. The SMILES string of the molecule is CCN(CC)c1nc(Nc2ccccc2Cl)cc(-c2ccccc2)n1. The second-order valence-corrected chi connectivity index (χ2v) is 5.99. The fourth-order valence-electron chi connectivity index (χ4n) is 2.60. The van der Waals surface area contributed by atoms with Crippen LogP contribution in [0.5, 0.6) is 0 Å². The molecule has 25 heavy (non-hydrogen) atoms. The second kappa shape index (κ2) is 7.99. The van der Waals surface area contributed by atoms with Crippen molar-refractivity contribution in [3.05, 3.63) is 65.7 Å². The smallest absolute Gasteiger partial charge is 0.227 e. The van der Waals surface area contributed by atoms with Crippen molar-refractivity contribution >= 4 is 29.1 Å². The first kappa shape index (κ1) is 17.2. The van der Waals surface area contributed by atoms with Crippen LogP contribution in [-0.4, -0.2) is 23.1 Å². The Balaban J connectivity index is 2.05. The van der Waals surface area contributed by atoms with Crippen molar-refractivity contribution in [1.29, 1.82) is 0 Å². The molecule has 0 bridgehead atoms. The molecule has 1 aromatic heterocycles. The van der Waals surface area contributed by atoms with E-state index in [1.807, 2.05) is 60.7 Å². The van der Waals surface area contributed by atoms with Gasteiger partial charge in [-0.2, -0.15) is 4.98 Å². The minimum atomic E-state index is 0.659. The van der Waals surface area contributed by atoms with Crippen molar-refractivity contribution in [3.63, 3.8) is 0 Å². The van der Waals surface area contributed by atoms with Crippen LogP contribution in [0, 0.1) is 0 Å². The van der Waals surface area contributed by atoms with Crippen molar-refractivity contribution < 1.29 is 0 Å². The maximum absolute atomic E-state index is 6.27. The van der Waals surface area contributed by atoms with Gasteiger partial charge in [0.25, 0.3) is 0 Å². The highest BCUT2D eigenvalue weighted by Gasteiger charge is 2.12. The Morgan fingerprint density at radius 3 is 2.28 bits per heavy atom. The molecular weight excluding hydrogens is 332 g/mol. The third-order valence-electron chi connectivity index (χ3n) is 3.97. The molecule has 3 rings (SSSR count). The highest BCUT2D eigenvalue weighted by atomic mass is 35.5. The van der Waals surface area contributed by atoms with Gasteiger partial charge in [-0.15, -0.1) is 0 Å². The summed E-state index contributed by atoms with van der Waals surface area (Å²) in [4.78, 5) is 11.6. The number of para-hydroxylation sites is 1. The molecule has 2 aromatic carbocycles. The number of nitrogens with one attached hydrogen (secondary N) is 1. The summed E-state index contributed by atoms with van der Waals surface area (Å²) in [7, 11) is 0. The van der Waals surface area contributed by atoms with Crippen LogP contribution in [0.4, 0.5) is 17.5 Å². The van der Waals surface area contributed by atoms with Gasteiger partial charge < -0.3 is 10.2 Å². The van der Waals surface area contributed by atoms with Gasteiger partial charge in [0, 0.05) is 24.7 Å². The monoisotopic (exact) mass is 352 g/mol. The molecule has 5 heteroatoms. The number of halogens is 1. The third-order valence-corrected chi connectivity index (χ3v) is 4.30. The Bertz CT molecular complexity index is 832. The van der Waals surface area contributed by atoms with E-state index in [1.54, 1.807) is 0 Å². The quantitative estimate of drug-likeness (QED) is 0.646. The molecule has 4 nitrogen and oxygen atoms in total. The molecule has 0 aliphatic carbocycles. The molecule has 0 fully saturated rings. The summed E-state index contributed by atoms with van der Waals surface area (Å²) in [5, 5.41) is 3.98. The Morgan fingerprint density at radius 2 is 1.60 bits per heavy atom. The largest absolute Gasteiger partial charge is 0.341 e. The number of rotatable bonds is 6. The number of aromatic nitrogens is 2. The van der Waals surface area contributed by atoms with E-state index >= 15 is 0 Å². The van der Waals surface area contributed by atoms with Gasteiger partial charge in [-0.3, -0.25) is 0 Å². The molecule has 128 valence electrons. The van der Waals surface area contributed by atoms with Crippen LogP contribution in [0.2, 0.25) is 5.02 Å². The fourth-order valence-corrected chi connectivity index (χ4v) is 2.79. The van der Waals surface area contributed by atoms with Gasteiger partial charge in [-0.25, -0.2) is 4.98 Å². The van der Waals surface area contributed by atoms with Gasteiger partial charge in [-0.1, -0.05) is 54.1 Å². The van der Waals surface area contributed by atoms with Crippen LogP contribution >= 0.6 is 11.6 Å². The molecule has 0 saturated carbocycles. The Labute approximate surface area is 153 Å². The zero-order chi connectivity index (χ0) is 17.6. The summed E-state index contributed by atoms with van der Waals surface area (Å²) in [6, 6.07) is 19.7. The summed E-state index contributed by atoms with van der Waals surface area (Å²) in [5.41, 5.74) is 2.76. The van der Waals surface area contributed by atoms with Gasteiger partial charge in [0.05, 0.1) is 16.4 Å². The molecule has 0 saturated heterocycles. The molecule has 1 heterocycles. The first-order valence-corrected chi connectivity index (χ1v) is 8.80. The van der Waals surface area contributed by atoms with E-state index in [2.05, 4.69) is 29.0 Å². The van der Waals surface area contributed by atoms with E-state index < -0.39 is 0 Å². The Hall–Kier alpha value is -2.59. The lowest BCUT2D eigenvalue weighted by atomic mass is 10.1. The minimum Gasteiger partial charge on any atom is -0.341 e. The summed E-state index contributed by atoms with van der Waals surface area (Å²) < 4.78 is 0. The van der Waals surface area contributed by atoms with Gasteiger partial charge >= 0.3 is 0 Å². The number of hydrogen-bond donors (Lipinski definition) is 1. The maximum Gasteiger partial charge on any atom is 0.227 e. The van der Waals surface area contributed by atoms with Crippen LogP contribution in [0.15, 0.2) is 60.7 Å². The minimum absolute atomic E-state index is 0.659. The van der Waals surface area contributed by atoms with Gasteiger partial charge in [-0.05, 0) is 26.0 Å². The predicted octanol–water partition coefficient (Wildman–Crippen LogP) is 5.39. The summed E-state index contributed by atoms with van der Waals surface area (Å²) in [5.74, 6) is 1.43.